The number of fused-ring (bicyclic) bond motifs is 4. The monoisotopic (exact) mass is 857 g/mol. The van der Waals surface area contributed by atoms with Crippen LogP contribution in [0.5, 0.6) is 5.75 Å². The lowest BCUT2D eigenvalue weighted by Gasteiger charge is -2.42. The molecule has 2 aromatic carbocycles. The maximum absolute atomic E-state index is 17.7. The molecule has 7 rings (SSSR count). The predicted octanol–water partition coefficient (Wildman–Crippen LogP) is 10.3. The predicted molar refractivity (Wildman–Crippen MR) is 236 cm³/mol. The lowest BCUT2D eigenvalue weighted by atomic mass is 9.95. The number of piperazine rings is 1. The van der Waals surface area contributed by atoms with E-state index in [1.807, 2.05) is 25.7 Å². The zero-order valence-corrected chi connectivity index (χ0v) is 38.3. The summed E-state index contributed by atoms with van der Waals surface area (Å²) in [6.07, 6.45) is 5.42. The van der Waals surface area contributed by atoms with Crippen molar-refractivity contribution in [2.45, 2.75) is 127 Å². The van der Waals surface area contributed by atoms with Gasteiger partial charge in [-0.15, -0.1) is 5.54 Å². The summed E-state index contributed by atoms with van der Waals surface area (Å²) in [5.41, 5.74) is 4.05. The summed E-state index contributed by atoms with van der Waals surface area (Å²) < 4.78 is 50.8. The molecule has 1 saturated carbocycles. The molecule has 10 nitrogen and oxygen atoms in total. The topological polar surface area (TPSA) is 107 Å². The van der Waals surface area contributed by atoms with Gasteiger partial charge in [0.05, 0.1) is 23.0 Å². The molecule has 2 aromatic heterocycles. The van der Waals surface area contributed by atoms with Crippen LogP contribution >= 0.6 is 11.8 Å². The van der Waals surface area contributed by atoms with Crippen LogP contribution in [0.4, 0.5) is 19.4 Å². The fourth-order valence-electron chi connectivity index (χ4n) is 9.40. The number of anilines is 1. The average Bonchev–Trinajstić information content (AvgIpc) is 3.92. The van der Waals surface area contributed by atoms with E-state index >= 15 is 8.78 Å². The number of halogens is 2. The minimum Gasteiger partial charge on any atom is -0.468 e. The molecule has 0 spiro atoms. The number of benzene rings is 2. The second kappa shape index (κ2) is 16.9. The third-order valence-corrected chi connectivity index (χ3v) is 20.0. The zero-order valence-electron chi connectivity index (χ0n) is 36.4. The molecular weight excluding hydrogens is 801 g/mol. The van der Waals surface area contributed by atoms with Crippen LogP contribution < -0.4 is 9.64 Å². The van der Waals surface area contributed by atoms with E-state index in [4.69, 9.17) is 29.2 Å². The van der Waals surface area contributed by atoms with Crippen molar-refractivity contribution in [1.29, 1.82) is 0 Å². The molecule has 60 heavy (non-hydrogen) atoms. The van der Waals surface area contributed by atoms with Crippen LogP contribution in [0, 0.1) is 28.5 Å². The maximum atomic E-state index is 17.7. The number of rotatable bonds is 12. The van der Waals surface area contributed by atoms with Crippen LogP contribution in [0.15, 0.2) is 35.6 Å². The number of hydrogen-bond acceptors (Lipinski definition) is 10. The second-order valence-corrected chi connectivity index (χ2v) is 25.2. The van der Waals surface area contributed by atoms with Crippen LogP contribution in [0.1, 0.15) is 93.6 Å². The minimum atomic E-state index is -2.30. The number of pyridine rings is 1. The summed E-state index contributed by atoms with van der Waals surface area (Å²) in [4.78, 5) is 43.8. The molecule has 0 N–H and O–H groups in total. The molecule has 2 saturated heterocycles. The number of methoxy groups -OCH3 is 1. The summed E-state index contributed by atoms with van der Waals surface area (Å²) in [6, 6.07) is 6.24. The third-order valence-electron chi connectivity index (χ3n) is 12.6. The molecule has 14 heteroatoms. The van der Waals surface area contributed by atoms with E-state index < -0.39 is 30.7 Å². The first-order valence-corrected chi connectivity index (χ1v) is 24.3. The van der Waals surface area contributed by atoms with Crippen molar-refractivity contribution in [1.82, 2.24) is 19.9 Å². The number of hydrogen-bond donors (Lipinski definition) is 0. The molecule has 4 aromatic rings. The first kappa shape index (κ1) is 43.8. The Morgan fingerprint density at radius 3 is 2.28 bits per heavy atom. The highest BCUT2D eigenvalue weighted by atomic mass is 32.2. The van der Waals surface area contributed by atoms with Gasteiger partial charge in [0.25, 0.3) is 0 Å². The third kappa shape index (κ3) is 8.34. The van der Waals surface area contributed by atoms with E-state index in [-0.39, 0.29) is 41.7 Å². The van der Waals surface area contributed by atoms with E-state index in [2.05, 4.69) is 57.9 Å². The average molecular weight is 858 g/mol. The van der Waals surface area contributed by atoms with Gasteiger partial charge in [0.1, 0.15) is 48.6 Å². The number of carbonyl (C=O) groups is 2. The highest BCUT2D eigenvalue weighted by Gasteiger charge is 2.46. The van der Waals surface area contributed by atoms with Gasteiger partial charge in [-0.3, -0.25) is 9.88 Å². The first-order chi connectivity index (χ1) is 28.4. The molecule has 4 heterocycles. The van der Waals surface area contributed by atoms with Crippen molar-refractivity contribution in [3.63, 3.8) is 0 Å². The van der Waals surface area contributed by atoms with Crippen LogP contribution in [0.3, 0.4) is 0 Å². The molecule has 2 atom stereocenters. The number of ether oxygens (including phenoxy) is 3. The summed E-state index contributed by atoms with van der Waals surface area (Å²) in [7, 11) is -0.789. The Balaban J connectivity index is 1.40. The van der Waals surface area contributed by atoms with Gasteiger partial charge >= 0.3 is 6.09 Å². The summed E-state index contributed by atoms with van der Waals surface area (Å²) in [5.74, 6) is 3.50. The molecule has 1 aliphatic carbocycles. The summed E-state index contributed by atoms with van der Waals surface area (Å²) >= 11 is 1.33. The Kier molecular flexibility index (Phi) is 12.3. The molecule has 3 fully saturated rings. The highest BCUT2D eigenvalue weighted by molar-refractivity contribution is 7.99. The Bertz CT molecular complexity index is 2340. The van der Waals surface area contributed by atoms with Crippen LogP contribution in [0.2, 0.25) is 16.6 Å². The summed E-state index contributed by atoms with van der Waals surface area (Å²) in [6.45, 7) is 19.7. The van der Waals surface area contributed by atoms with E-state index in [0.717, 1.165) is 32.0 Å². The molecule has 2 aliphatic heterocycles. The number of aldehydes is 1. The van der Waals surface area contributed by atoms with E-state index in [1.54, 1.807) is 24.4 Å². The Morgan fingerprint density at radius 1 is 1.03 bits per heavy atom. The molecule has 3 aliphatic rings. The summed E-state index contributed by atoms with van der Waals surface area (Å²) in [5, 5.41) is 1.78. The van der Waals surface area contributed by atoms with Crippen LogP contribution in [-0.4, -0.2) is 90.7 Å². The first-order valence-electron chi connectivity index (χ1n) is 21.0. The Morgan fingerprint density at radius 2 is 1.70 bits per heavy atom. The normalized spacial score (nSPS) is 18.7. The molecule has 2 unspecified atom stereocenters. The van der Waals surface area contributed by atoms with Gasteiger partial charge in [-0.25, -0.2) is 23.5 Å². The Labute approximate surface area is 357 Å². The van der Waals surface area contributed by atoms with E-state index in [0.29, 0.717) is 73.9 Å². The number of carbonyl (C=O) groups excluding carboxylic acids is 2. The van der Waals surface area contributed by atoms with Crippen molar-refractivity contribution < 1.29 is 32.6 Å². The van der Waals surface area contributed by atoms with Crippen molar-refractivity contribution in [2.75, 3.05) is 37.6 Å². The fraction of sp³-hybridized carbons (Fsp3) is 0.543. The van der Waals surface area contributed by atoms with Crippen molar-refractivity contribution >= 4 is 59.7 Å². The van der Waals surface area contributed by atoms with Gasteiger partial charge in [-0.2, -0.15) is 0 Å². The number of amides is 1. The van der Waals surface area contributed by atoms with Gasteiger partial charge in [0.2, 0.25) is 0 Å². The highest BCUT2D eigenvalue weighted by Crippen LogP contribution is 2.48. The minimum absolute atomic E-state index is 0.0360. The van der Waals surface area contributed by atoms with Gasteiger partial charge in [0, 0.05) is 48.5 Å². The van der Waals surface area contributed by atoms with E-state index in [1.165, 1.54) is 24.9 Å². The smallest absolute Gasteiger partial charge is 0.410 e. The van der Waals surface area contributed by atoms with Gasteiger partial charge in [-0.1, -0.05) is 65.3 Å². The van der Waals surface area contributed by atoms with Crippen molar-refractivity contribution in [3.05, 3.63) is 47.7 Å². The lowest BCUT2D eigenvalue weighted by molar-refractivity contribution is -0.111. The quantitative estimate of drug-likeness (QED) is 0.0341. The zero-order chi connectivity index (χ0) is 43.3. The maximum Gasteiger partial charge on any atom is 0.410 e. The standard InChI is InChI=1S/C46H57F2N5O5SSi/c1-27(2)60(28(3)4,29(5)6)18-15-34-37(47)14-11-30-19-33(57-26-56-10)20-35(38(30)34)40-39(48)41-36(21-49-40)42(51-43(50-41)59-25-46(24-54)16-17-46)52-22-31-12-13-32(23-52)53(31)44(55)58-45(7,8)9/h11,14,19-21,24,27-29,31-32H,12-13,16-17,22-23,25-26H2,1-10H3. The van der Waals surface area contributed by atoms with Crippen molar-refractivity contribution in [2.24, 2.45) is 5.41 Å². The largest absolute Gasteiger partial charge is 0.468 e. The molecule has 2 bridgehead atoms. The molecule has 1 amide bonds. The number of aromatic nitrogens is 3. The van der Waals surface area contributed by atoms with Crippen LogP contribution in [0.25, 0.3) is 32.9 Å². The molecule has 0 radical (unpaired) electrons. The Hall–Kier alpha value is -4.32. The number of thioether (sulfide) groups is 1. The molecular formula is C46H57F2N5O5SSi. The van der Waals surface area contributed by atoms with Gasteiger partial charge in [-0.05, 0) is 86.7 Å². The van der Waals surface area contributed by atoms with E-state index in [9.17, 15) is 9.59 Å². The van der Waals surface area contributed by atoms with Gasteiger partial charge < -0.3 is 23.9 Å². The van der Waals surface area contributed by atoms with Gasteiger partial charge in [0.15, 0.2) is 17.8 Å². The lowest BCUT2D eigenvalue weighted by Crippen LogP contribution is -2.57. The second-order valence-electron chi connectivity index (χ2n) is 18.6. The SMILES string of the molecule is COCOc1cc(-c2ncc3c(N4CC5CCC(C4)N5C(=O)OC(C)(C)C)nc(SCC4(C=O)CC4)nc3c2F)c2c(C#C[Si](C(C)C)(C(C)C)C(C)C)c(F)ccc2c1. The number of nitrogens with zero attached hydrogens (tertiary/aromatic N) is 5. The molecule has 320 valence electrons. The van der Waals surface area contributed by atoms with Crippen LogP contribution in [-0.2, 0) is 14.3 Å². The fourth-order valence-corrected chi connectivity index (χ4v) is 15.7. The van der Waals surface area contributed by atoms with Crippen molar-refractivity contribution in [3.8, 4) is 28.5 Å².